The molecule has 2 aromatic carbocycles. The van der Waals surface area contributed by atoms with Crippen LogP contribution < -0.4 is 9.47 Å². The van der Waals surface area contributed by atoms with Gasteiger partial charge in [-0.15, -0.1) is 0 Å². The fourth-order valence-electron chi connectivity index (χ4n) is 9.04. The van der Waals surface area contributed by atoms with E-state index in [1.54, 1.807) is 20.3 Å². The predicted molar refractivity (Wildman–Crippen MR) is 149 cm³/mol. The van der Waals surface area contributed by atoms with Crippen LogP contribution in [0.15, 0.2) is 42.5 Å². The number of alkyl halides is 3. The van der Waals surface area contributed by atoms with Gasteiger partial charge in [-0.3, -0.25) is 4.79 Å². The number of aliphatic hydroxyl groups is 1. The van der Waals surface area contributed by atoms with E-state index in [4.69, 9.17) is 14.2 Å². The Morgan fingerprint density at radius 2 is 1.66 bits per heavy atom. The van der Waals surface area contributed by atoms with Crippen LogP contribution in [-0.2, 0) is 26.8 Å². The minimum atomic E-state index is -5.03. The van der Waals surface area contributed by atoms with Gasteiger partial charge in [-0.25, -0.2) is 0 Å². The van der Waals surface area contributed by atoms with Gasteiger partial charge in [0.25, 0.3) is 0 Å². The van der Waals surface area contributed by atoms with Crippen molar-refractivity contribution in [2.75, 3.05) is 20.8 Å². The van der Waals surface area contributed by atoms with Crippen LogP contribution in [0, 0.1) is 22.7 Å². The minimum absolute atomic E-state index is 0.118. The summed E-state index contributed by atoms with van der Waals surface area (Å²) >= 11 is 0. The molecule has 0 heterocycles. The Bertz CT molecular complexity index is 1310. The molecule has 2 saturated carbocycles. The number of halogens is 3. The smallest absolute Gasteiger partial charge is 0.411 e. The quantitative estimate of drug-likeness (QED) is 0.386. The molecular weight excluding hydrogens is 533 g/mol. The predicted octanol–water partition coefficient (Wildman–Crippen LogP) is 6.77. The van der Waals surface area contributed by atoms with Crippen LogP contribution in [0.1, 0.15) is 70.1 Å². The molecule has 0 aliphatic heterocycles. The van der Waals surface area contributed by atoms with Gasteiger partial charge in [0.1, 0.15) is 17.6 Å². The third-order valence-corrected chi connectivity index (χ3v) is 11.2. The normalized spacial score (nSPS) is 31.7. The Labute approximate surface area is 240 Å². The lowest BCUT2D eigenvalue weighted by molar-refractivity contribution is -0.230. The number of methoxy groups -OCH3 is 2. The summed E-state index contributed by atoms with van der Waals surface area (Å²) in [6.07, 6.45) is -1.97. The number of ether oxygens (including phenoxy) is 3. The van der Waals surface area contributed by atoms with Crippen molar-refractivity contribution >= 4 is 5.97 Å². The molecule has 1 N–H and O–H groups in total. The molecule has 0 bridgehead atoms. The number of hydrogen-bond acceptors (Lipinski definition) is 5. The Morgan fingerprint density at radius 1 is 0.976 bits per heavy atom. The van der Waals surface area contributed by atoms with E-state index in [0.29, 0.717) is 6.42 Å². The summed E-state index contributed by atoms with van der Waals surface area (Å²) in [5, 5.41) is 10.1. The highest BCUT2D eigenvalue weighted by Gasteiger charge is 2.66. The molecule has 0 saturated heterocycles. The number of rotatable bonds is 6. The maximum atomic E-state index is 14.5. The summed E-state index contributed by atoms with van der Waals surface area (Å²) in [6.45, 7) is 7.26. The van der Waals surface area contributed by atoms with Gasteiger partial charge in [0.2, 0.25) is 5.41 Å². The number of aliphatic hydroxyl groups excluding tert-OH is 1. The first kappa shape index (κ1) is 29.7. The Balaban J connectivity index is 1.46. The van der Waals surface area contributed by atoms with Crippen LogP contribution in [0.2, 0.25) is 0 Å². The van der Waals surface area contributed by atoms with Crippen LogP contribution in [0.3, 0.4) is 0 Å². The van der Waals surface area contributed by atoms with Crippen LogP contribution >= 0.6 is 0 Å². The van der Waals surface area contributed by atoms with Crippen molar-refractivity contribution in [3.8, 4) is 11.5 Å². The van der Waals surface area contributed by atoms with E-state index in [-0.39, 0.29) is 28.2 Å². The summed E-state index contributed by atoms with van der Waals surface area (Å²) in [4.78, 5) is 13.5. The van der Waals surface area contributed by atoms with Gasteiger partial charge in [-0.1, -0.05) is 58.0 Å². The van der Waals surface area contributed by atoms with Crippen LogP contribution in [0.5, 0.6) is 11.5 Å². The second-order valence-electron chi connectivity index (χ2n) is 13.3. The monoisotopic (exact) mass is 574 g/mol. The van der Waals surface area contributed by atoms with Gasteiger partial charge >= 0.3 is 12.1 Å². The second kappa shape index (κ2) is 9.92. The molecule has 224 valence electrons. The van der Waals surface area contributed by atoms with Crippen molar-refractivity contribution in [1.29, 1.82) is 0 Å². The molecule has 2 aromatic rings. The van der Waals surface area contributed by atoms with Crippen molar-refractivity contribution in [3.05, 3.63) is 59.2 Å². The summed E-state index contributed by atoms with van der Waals surface area (Å²) < 4.78 is 60.9. The number of fused-ring (bicyclic) bond motifs is 5. The zero-order chi connectivity index (χ0) is 30.0. The summed E-state index contributed by atoms with van der Waals surface area (Å²) in [5.74, 6) is 0.563. The van der Waals surface area contributed by atoms with Crippen molar-refractivity contribution < 1.29 is 37.3 Å². The Morgan fingerprint density at radius 3 is 2.24 bits per heavy atom. The van der Waals surface area contributed by atoms with E-state index in [0.717, 1.165) is 37.2 Å². The van der Waals surface area contributed by atoms with Crippen LogP contribution in [0.4, 0.5) is 13.2 Å². The van der Waals surface area contributed by atoms with Crippen molar-refractivity contribution in [2.24, 2.45) is 22.7 Å². The molecule has 41 heavy (non-hydrogen) atoms. The molecule has 6 atom stereocenters. The molecule has 3 aliphatic rings. The molecule has 5 nitrogen and oxygen atoms in total. The highest BCUT2D eigenvalue weighted by atomic mass is 19.4. The van der Waals surface area contributed by atoms with E-state index < -0.39 is 35.7 Å². The van der Waals surface area contributed by atoms with Crippen LogP contribution in [0.25, 0.3) is 0 Å². The average Bonchev–Trinajstić information content (AvgIpc) is 3.24. The van der Waals surface area contributed by atoms with Gasteiger partial charge in [-0.2, -0.15) is 13.2 Å². The second-order valence-corrected chi connectivity index (χ2v) is 13.3. The first-order valence-electron chi connectivity index (χ1n) is 14.4. The SMILES string of the molecule is COc1cc2c(c(OC)c1)[C@@]1(C)CC[C@@H]3C(C)(C)[C@H](OC(=O)[C@@](CO)(c4ccccc4)C(F)(F)F)CC[C@@]3(C)[C@@H]1C2. The van der Waals surface area contributed by atoms with Crippen LogP contribution in [-0.4, -0.2) is 44.2 Å². The summed E-state index contributed by atoms with van der Waals surface area (Å²) in [5.41, 5.74) is -1.83. The fraction of sp³-hybridized carbons (Fsp3) is 0.606. The van der Waals surface area contributed by atoms with Gasteiger partial charge in [0.15, 0.2) is 0 Å². The first-order valence-corrected chi connectivity index (χ1v) is 14.4. The zero-order valence-corrected chi connectivity index (χ0v) is 24.7. The highest BCUT2D eigenvalue weighted by molar-refractivity contribution is 5.85. The molecule has 0 spiro atoms. The third kappa shape index (κ3) is 4.18. The van der Waals surface area contributed by atoms with E-state index >= 15 is 0 Å². The molecule has 0 unspecified atom stereocenters. The number of hydrogen-bond donors (Lipinski definition) is 1. The van der Waals surface area contributed by atoms with Gasteiger partial charge in [0, 0.05) is 22.5 Å². The molecule has 0 radical (unpaired) electrons. The van der Waals surface area contributed by atoms with Gasteiger partial charge in [0.05, 0.1) is 20.8 Å². The Hall–Kier alpha value is -2.74. The number of benzene rings is 2. The molecular formula is C33H41F3O5. The number of esters is 1. The molecule has 5 rings (SSSR count). The average molecular weight is 575 g/mol. The lowest BCUT2D eigenvalue weighted by Gasteiger charge is -2.62. The van der Waals surface area contributed by atoms with Gasteiger partial charge in [-0.05, 0) is 66.5 Å². The van der Waals surface area contributed by atoms with Crippen molar-refractivity contribution in [2.45, 2.75) is 82.9 Å². The van der Waals surface area contributed by atoms with Crippen molar-refractivity contribution in [1.82, 2.24) is 0 Å². The summed E-state index contributed by atoms with van der Waals surface area (Å²) in [7, 11) is 3.33. The molecule has 0 aromatic heterocycles. The van der Waals surface area contributed by atoms with Crippen molar-refractivity contribution in [3.63, 3.8) is 0 Å². The Kier molecular flexibility index (Phi) is 7.20. The van der Waals surface area contributed by atoms with Gasteiger partial charge < -0.3 is 19.3 Å². The molecule has 3 aliphatic carbocycles. The maximum absolute atomic E-state index is 14.5. The molecule has 8 heteroatoms. The standard InChI is InChI=1S/C33H41F3O5/c1-29(2)24-12-14-31(4)25(17-20-16-22(39-5)18-23(40-6)27(20)31)30(24,3)15-13-26(29)41-28(38)32(19-37,33(34,35)36)21-10-8-7-9-11-21/h7-11,16,18,24-26,37H,12-15,17,19H2,1-6H3/t24-,25+,26-,30-,31+,32-/m1/s1. The lowest BCUT2D eigenvalue weighted by atomic mass is 9.43. The fourth-order valence-corrected chi connectivity index (χ4v) is 9.04. The topological polar surface area (TPSA) is 65.0 Å². The molecule has 0 amide bonds. The first-order chi connectivity index (χ1) is 19.2. The van der Waals surface area contributed by atoms with E-state index in [2.05, 4.69) is 19.9 Å². The number of carbonyl (C=O) groups excluding carboxylic acids is 1. The summed E-state index contributed by atoms with van der Waals surface area (Å²) in [6, 6.07) is 10.9. The highest BCUT2D eigenvalue weighted by Crippen LogP contribution is 2.69. The number of carbonyl (C=O) groups is 1. The lowest BCUT2D eigenvalue weighted by Crippen LogP contribution is -2.61. The van der Waals surface area contributed by atoms with E-state index in [9.17, 15) is 23.1 Å². The molecule has 2 fully saturated rings. The maximum Gasteiger partial charge on any atom is 0.411 e. The largest absolute Gasteiger partial charge is 0.497 e. The van der Waals surface area contributed by atoms with E-state index in [1.165, 1.54) is 35.4 Å². The minimum Gasteiger partial charge on any atom is -0.497 e. The van der Waals surface area contributed by atoms with E-state index in [1.807, 2.05) is 19.9 Å². The third-order valence-electron chi connectivity index (χ3n) is 11.2. The zero-order valence-electron chi connectivity index (χ0n) is 24.7.